The van der Waals surface area contributed by atoms with Crippen molar-refractivity contribution in [2.45, 2.75) is 19.3 Å². The highest BCUT2D eigenvalue weighted by atomic mass is 127. The molecule has 3 amide bonds. The molecule has 0 bridgehead atoms. The van der Waals surface area contributed by atoms with Crippen LogP contribution in [0.4, 0.5) is 0 Å². The van der Waals surface area contributed by atoms with Crippen molar-refractivity contribution in [1.82, 2.24) is 9.96 Å². The van der Waals surface area contributed by atoms with E-state index in [2.05, 4.69) is 0 Å². The number of hydrogen-bond acceptors (Lipinski definition) is 4. The number of carbonyl (C=O) groups is 3. The van der Waals surface area contributed by atoms with Gasteiger partial charge in [-0.05, 0) is 18.9 Å². The molecular weight excluding hydrogens is 425 g/mol. The minimum atomic E-state index is -0.703. The summed E-state index contributed by atoms with van der Waals surface area (Å²) in [7, 11) is 3.19. The number of aromatic nitrogens is 1. The first-order valence-electron chi connectivity index (χ1n) is 7.63. The Morgan fingerprint density at radius 2 is 1.96 bits per heavy atom. The summed E-state index contributed by atoms with van der Waals surface area (Å²) in [6, 6.07) is 3.61. The number of rotatable bonds is 2. The monoisotopic (exact) mass is 445 g/mol. The summed E-state index contributed by atoms with van der Waals surface area (Å²) < 4.78 is 1.83. The molecule has 130 valence electrons. The minimum Gasteiger partial charge on any atom is -1.00 e. The topological polar surface area (TPSA) is 70.8 Å². The van der Waals surface area contributed by atoms with E-state index < -0.39 is 5.41 Å². The van der Waals surface area contributed by atoms with Gasteiger partial charge in [0.1, 0.15) is 12.6 Å². The van der Waals surface area contributed by atoms with E-state index in [-0.39, 0.29) is 48.1 Å². The summed E-state index contributed by atoms with van der Waals surface area (Å²) in [5, 5.41) is 0.856. The maximum absolute atomic E-state index is 12.5. The third kappa shape index (κ3) is 3.16. The number of imide groups is 1. The van der Waals surface area contributed by atoms with Crippen LogP contribution in [0, 0.1) is 5.41 Å². The molecule has 3 rings (SSSR count). The number of pyridine rings is 1. The Balaban J connectivity index is 0.00000208. The summed E-state index contributed by atoms with van der Waals surface area (Å²) in [6.07, 6.45) is 4.79. The van der Waals surface area contributed by atoms with Crippen molar-refractivity contribution in [1.29, 1.82) is 0 Å². The molecule has 2 saturated heterocycles. The molecule has 1 spiro atoms. The molecule has 1 aromatic rings. The average Bonchev–Trinajstić information content (AvgIpc) is 2.77. The molecule has 3 heterocycles. The van der Waals surface area contributed by atoms with E-state index in [0.29, 0.717) is 31.5 Å². The molecule has 8 heteroatoms. The predicted molar refractivity (Wildman–Crippen MR) is 78.7 cm³/mol. The van der Waals surface area contributed by atoms with Gasteiger partial charge in [-0.15, -0.1) is 0 Å². The van der Waals surface area contributed by atoms with Gasteiger partial charge < -0.3 is 28.9 Å². The van der Waals surface area contributed by atoms with Gasteiger partial charge in [0.15, 0.2) is 12.4 Å². The number of amides is 3. The van der Waals surface area contributed by atoms with E-state index in [9.17, 15) is 14.4 Å². The molecule has 2 aliphatic heterocycles. The highest BCUT2D eigenvalue weighted by Crippen LogP contribution is 2.42. The van der Waals surface area contributed by atoms with Gasteiger partial charge in [-0.25, -0.2) is 4.57 Å². The van der Waals surface area contributed by atoms with Gasteiger partial charge >= 0.3 is 0 Å². The minimum absolute atomic E-state index is 0. The molecule has 0 unspecified atom stereocenters. The van der Waals surface area contributed by atoms with Gasteiger partial charge in [-0.1, -0.05) is 0 Å². The van der Waals surface area contributed by atoms with Gasteiger partial charge in [0.05, 0.1) is 12.5 Å². The molecule has 0 N–H and O–H groups in total. The van der Waals surface area contributed by atoms with Gasteiger partial charge in [0, 0.05) is 25.6 Å². The molecule has 0 aliphatic carbocycles. The molecule has 24 heavy (non-hydrogen) atoms. The molecule has 2 fully saturated rings. The lowest BCUT2D eigenvalue weighted by atomic mass is 9.77. The van der Waals surface area contributed by atoms with Crippen LogP contribution in [0.15, 0.2) is 24.5 Å². The molecular formula is C16H20IN3O4. The number of piperidine rings is 1. The van der Waals surface area contributed by atoms with E-state index in [1.165, 1.54) is 7.11 Å². The summed E-state index contributed by atoms with van der Waals surface area (Å²) in [5.41, 5.74) is -0.0797. The van der Waals surface area contributed by atoms with Crippen molar-refractivity contribution in [3.63, 3.8) is 0 Å². The van der Waals surface area contributed by atoms with Crippen molar-refractivity contribution in [3.05, 3.63) is 30.1 Å². The molecule has 0 aromatic carbocycles. The number of nitrogens with zero attached hydrogens (tertiary/aromatic N) is 3. The zero-order chi connectivity index (χ0) is 16.6. The van der Waals surface area contributed by atoms with Crippen molar-refractivity contribution < 1.29 is 47.8 Å². The lowest BCUT2D eigenvalue weighted by molar-refractivity contribution is -0.671. The molecule has 0 atom stereocenters. The number of halogens is 1. The van der Waals surface area contributed by atoms with Crippen LogP contribution >= 0.6 is 0 Å². The number of likely N-dealkylation sites (tertiary alicyclic amines) is 1. The van der Waals surface area contributed by atoms with E-state index >= 15 is 0 Å². The second-order valence-corrected chi connectivity index (χ2v) is 6.18. The Kier molecular flexibility index (Phi) is 5.59. The maximum atomic E-state index is 12.5. The SMILES string of the molecule is CON1C(=O)CC2(CCN(C(=O)c3ccc[n+](C)c3)CC2)C1=O.[I-]. The third-order valence-corrected chi connectivity index (χ3v) is 4.73. The normalized spacial score (nSPS) is 19.6. The standard InChI is InChI=1S/C16H20N3O4.HI/c1-17-7-3-4-12(11-17)14(21)18-8-5-16(6-9-18)10-13(20)19(23-2)15(16)22;/h3-4,7,11H,5-6,8-10H2,1-2H3;1H/q+1;/p-1. The van der Waals surface area contributed by atoms with E-state index in [1.54, 1.807) is 17.2 Å². The molecule has 7 nitrogen and oxygen atoms in total. The first-order chi connectivity index (χ1) is 11.0. The summed E-state index contributed by atoms with van der Waals surface area (Å²) >= 11 is 0. The van der Waals surface area contributed by atoms with Gasteiger partial charge in [0.2, 0.25) is 0 Å². The van der Waals surface area contributed by atoms with Gasteiger partial charge in [-0.2, -0.15) is 5.06 Å². The number of hydrogen-bond donors (Lipinski definition) is 0. The van der Waals surface area contributed by atoms with Gasteiger partial charge in [-0.3, -0.25) is 19.2 Å². The van der Waals surface area contributed by atoms with Crippen LogP contribution in [-0.4, -0.2) is 47.9 Å². The van der Waals surface area contributed by atoms with Crippen LogP contribution < -0.4 is 28.5 Å². The van der Waals surface area contributed by atoms with Crippen LogP contribution in [0.2, 0.25) is 0 Å². The maximum Gasteiger partial charge on any atom is 0.260 e. The van der Waals surface area contributed by atoms with Crippen LogP contribution in [0.25, 0.3) is 0 Å². The summed E-state index contributed by atoms with van der Waals surface area (Å²) in [4.78, 5) is 43.4. The molecule has 0 radical (unpaired) electrons. The zero-order valence-corrected chi connectivity index (χ0v) is 15.9. The van der Waals surface area contributed by atoms with Crippen molar-refractivity contribution in [3.8, 4) is 0 Å². The van der Waals surface area contributed by atoms with Crippen LogP contribution in [0.1, 0.15) is 29.6 Å². The quantitative estimate of drug-likeness (QED) is 0.278. The Labute approximate surface area is 157 Å². The van der Waals surface area contributed by atoms with Crippen LogP contribution in [-0.2, 0) is 21.5 Å². The zero-order valence-electron chi connectivity index (χ0n) is 13.7. The lowest BCUT2D eigenvalue weighted by Crippen LogP contribution is -3.00. The fourth-order valence-corrected chi connectivity index (χ4v) is 3.38. The first kappa shape index (κ1) is 18.8. The van der Waals surface area contributed by atoms with Crippen molar-refractivity contribution >= 4 is 17.7 Å². The number of hydroxylamine groups is 2. The number of aryl methyl sites for hydroxylation is 1. The van der Waals surface area contributed by atoms with Gasteiger partial charge in [0.25, 0.3) is 17.7 Å². The summed E-state index contributed by atoms with van der Waals surface area (Å²) in [6.45, 7) is 0.933. The van der Waals surface area contributed by atoms with Crippen LogP contribution in [0.3, 0.4) is 0 Å². The Hall–Kier alpha value is -1.55. The largest absolute Gasteiger partial charge is 1.00 e. The van der Waals surface area contributed by atoms with Crippen molar-refractivity contribution in [2.75, 3.05) is 20.2 Å². The van der Waals surface area contributed by atoms with Crippen LogP contribution in [0.5, 0.6) is 0 Å². The van der Waals surface area contributed by atoms with E-state index in [1.807, 2.05) is 23.9 Å². The third-order valence-electron chi connectivity index (χ3n) is 4.73. The van der Waals surface area contributed by atoms with E-state index in [4.69, 9.17) is 4.84 Å². The van der Waals surface area contributed by atoms with E-state index in [0.717, 1.165) is 5.06 Å². The second-order valence-electron chi connectivity index (χ2n) is 6.18. The number of carbonyl (C=O) groups excluding carboxylic acids is 3. The smallest absolute Gasteiger partial charge is 0.260 e. The first-order valence-corrected chi connectivity index (χ1v) is 7.63. The molecule has 0 saturated carbocycles. The molecule has 2 aliphatic rings. The summed E-state index contributed by atoms with van der Waals surface area (Å²) in [5.74, 6) is -0.619. The average molecular weight is 445 g/mol. The Morgan fingerprint density at radius 3 is 2.50 bits per heavy atom. The second kappa shape index (κ2) is 7.14. The Morgan fingerprint density at radius 1 is 1.29 bits per heavy atom. The Bertz CT molecular complexity index is 671. The predicted octanol–water partition coefficient (Wildman–Crippen LogP) is -2.94. The fourth-order valence-electron chi connectivity index (χ4n) is 3.38. The molecule has 1 aromatic heterocycles. The highest BCUT2D eigenvalue weighted by Gasteiger charge is 2.53. The van der Waals surface area contributed by atoms with Crippen molar-refractivity contribution in [2.24, 2.45) is 12.5 Å². The highest BCUT2D eigenvalue weighted by molar-refractivity contribution is 6.05. The fraction of sp³-hybridized carbons (Fsp3) is 0.500. The lowest BCUT2D eigenvalue weighted by Gasteiger charge is -2.36.